The molecule has 1 aromatic heterocycles. The summed E-state index contributed by atoms with van der Waals surface area (Å²) < 4.78 is 0.708. The van der Waals surface area contributed by atoms with Crippen LogP contribution in [0.3, 0.4) is 0 Å². The molecule has 1 heterocycles. The van der Waals surface area contributed by atoms with Gasteiger partial charge < -0.3 is 5.11 Å². The third kappa shape index (κ3) is 2.39. The summed E-state index contributed by atoms with van der Waals surface area (Å²) in [5, 5.41) is 10.6. The molecular weight excluding hydrogens is 298 g/mol. The van der Waals surface area contributed by atoms with Gasteiger partial charge in [-0.2, -0.15) is 0 Å². The monoisotopic (exact) mass is 303 g/mol. The number of hydrogen-bond donors (Lipinski definition) is 1. The maximum atomic E-state index is 9.04. The zero-order valence-corrected chi connectivity index (χ0v) is 10.7. The maximum Gasteiger partial charge on any atom is 0.125 e. The molecule has 2 nitrogen and oxygen atoms in total. The Balaban J connectivity index is 2.41. The standard InChI is InChI=1S/C10H7BrClNOS/c11-9-8(5-14)15-10(13-9)6-1-3-7(12)4-2-6/h1-4,14H,5H2. The Morgan fingerprint density at radius 1 is 1.33 bits per heavy atom. The van der Waals surface area contributed by atoms with Crippen molar-refractivity contribution >= 4 is 38.9 Å². The number of hydrogen-bond acceptors (Lipinski definition) is 3. The Bertz CT molecular complexity index is 469. The molecule has 2 aromatic rings. The Morgan fingerprint density at radius 3 is 2.53 bits per heavy atom. The summed E-state index contributed by atoms with van der Waals surface area (Å²) in [6.07, 6.45) is 0. The molecule has 0 saturated carbocycles. The van der Waals surface area contributed by atoms with Crippen LogP contribution >= 0.6 is 38.9 Å². The van der Waals surface area contributed by atoms with Gasteiger partial charge in [0.25, 0.3) is 0 Å². The van der Waals surface area contributed by atoms with Crippen LogP contribution in [-0.4, -0.2) is 10.1 Å². The Hall–Kier alpha value is -0.420. The quantitative estimate of drug-likeness (QED) is 0.917. The van der Waals surface area contributed by atoms with E-state index in [0.29, 0.717) is 9.63 Å². The van der Waals surface area contributed by atoms with Gasteiger partial charge in [0.2, 0.25) is 0 Å². The van der Waals surface area contributed by atoms with Crippen LogP contribution in [0.5, 0.6) is 0 Å². The van der Waals surface area contributed by atoms with Gasteiger partial charge in [0.15, 0.2) is 0 Å². The fraction of sp³-hybridized carbons (Fsp3) is 0.100. The predicted molar refractivity (Wildman–Crippen MR) is 66.2 cm³/mol. The van der Waals surface area contributed by atoms with Crippen molar-refractivity contribution in [2.24, 2.45) is 0 Å². The molecule has 5 heteroatoms. The second-order valence-corrected chi connectivity index (χ2v) is 5.17. The second kappa shape index (κ2) is 4.61. The molecular formula is C10H7BrClNOS. The lowest BCUT2D eigenvalue weighted by molar-refractivity contribution is 0.284. The molecule has 0 bridgehead atoms. The van der Waals surface area contributed by atoms with Gasteiger partial charge in [-0.25, -0.2) is 4.98 Å². The molecule has 0 fully saturated rings. The highest BCUT2D eigenvalue weighted by atomic mass is 79.9. The van der Waals surface area contributed by atoms with Crippen LogP contribution < -0.4 is 0 Å². The minimum Gasteiger partial charge on any atom is -0.391 e. The van der Waals surface area contributed by atoms with E-state index in [1.54, 1.807) is 0 Å². The molecule has 0 unspecified atom stereocenters. The van der Waals surface area contributed by atoms with E-state index < -0.39 is 0 Å². The summed E-state index contributed by atoms with van der Waals surface area (Å²) >= 11 is 10.6. The zero-order chi connectivity index (χ0) is 10.8. The van der Waals surface area contributed by atoms with Crippen LogP contribution in [0, 0.1) is 0 Å². The van der Waals surface area contributed by atoms with Gasteiger partial charge in [-0.3, -0.25) is 0 Å². The average Bonchev–Trinajstić information content (AvgIpc) is 2.61. The van der Waals surface area contributed by atoms with Gasteiger partial charge >= 0.3 is 0 Å². The zero-order valence-electron chi connectivity index (χ0n) is 7.58. The van der Waals surface area contributed by atoms with E-state index in [0.717, 1.165) is 15.4 Å². The SMILES string of the molecule is OCc1sc(-c2ccc(Cl)cc2)nc1Br. The molecule has 0 aliphatic heterocycles. The fourth-order valence-corrected chi connectivity index (χ4v) is 2.75. The number of aliphatic hydroxyl groups excluding tert-OH is 1. The highest BCUT2D eigenvalue weighted by Gasteiger charge is 2.09. The van der Waals surface area contributed by atoms with Crippen LogP contribution in [0.4, 0.5) is 0 Å². The third-order valence-electron chi connectivity index (χ3n) is 1.88. The van der Waals surface area contributed by atoms with Crippen molar-refractivity contribution in [2.45, 2.75) is 6.61 Å². The molecule has 1 aromatic carbocycles. The Kier molecular flexibility index (Phi) is 3.41. The van der Waals surface area contributed by atoms with Crippen molar-refractivity contribution in [3.63, 3.8) is 0 Å². The van der Waals surface area contributed by atoms with E-state index in [9.17, 15) is 0 Å². The van der Waals surface area contributed by atoms with Gasteiger partial charge in [-0.15, -0.1) is 11.3 Å². The van der Waals surface area contributed by atoms with Gasteiger partial charge in [-0.05, 0) is 28.1 Å². The molecule has 0 amide bonds. The smallest absolute Gasteiger partial charge is 0.125 e. The first-order chi connectivity index (χ1) is 7.20. The first-order valence-corrected chi connectivity index (χ1v) is 6.21. The maximum absolute atomic E-state index is 9.04. The normalized spacial score (nSPS) is 10.6. The molecule has 0 atom stereocenters. The van der Waals surface area contributed by atoms with Gasteiger partial charge in [0.1, 0.15) is 9.61 Å². The van der Waals surface area contributed by atoms with E-state index in [2.05, 4.69) is 20.9 Å². The lowest BCUT2D eigenvalue weighted by atomic mass is 10.2. The first-order valence-electron chi connectivity index (χ1n) is 4.22. The summed E-state index contributed by atoms with van der Waals surface area (Å²) in [5.41, 5.74) is 1.00. The van der Waals surface area contributed by atoms with Crippen LogP contribution in [0.25, 0.3) is 10.6 Å². The predicted octanol–water partition coefficient (Wildman–Crippen LogP) is 3.72. The van der Waals surface area contributed by atoms with Crippen molar-refractivity contribution in [1.82, 2.24) is 4.98 Å². The lowest BCUT2D eigenvalue weighted by Gasteiger charge is -1.94. The molecule has 2 rings (SSSR count). The minimum absolute atomic E-state index is 0.00579. The van der Waals surface area contributed by atoms with E-state index in [1.165, 1.54) is 11.3 Å². The van der Waals surface area contributed by atoms with Crippen LogP contribution in [-0.2, 0) is 6.61 Å². The topological polar surface area (TPSA) is 33.1 Å². The van der Waals surface area contributed by atoms with Crippen molar-refractivity contribution in [2.75, 3.05) is 0 Å². The number of rotatable bonds is 2. The van der Waals surface area contributed by atoms with E-state index in [1.807, 2.05) is 24.3 Å². The summed E-state index contributed by atoms with van der Waals surface area (Å²) in [5.74, 6) is 0. The molecule has 0 aliphatic carbocycles. The fourth-order valence-electron chi connectivity index (χ4n) is 1.15. The largest absolute Gasteiger partial charge is 0.391 e. The molecule has 78 valence electrons. The lowest BCUT2D eigenvalue weighted by Crippen LogP contribution is -1.76. The minimum atomic E-state index is 0.00579. The molecule has 0 radical (unpaired) electrons. The van der Waals surface area contributed by atoms with Crippen molar-refractivity contribution in [3.05, 3.63) is 38.8 Å². The number of benzene rings is 1. The summed E-state index contributed by atoms with van der Waals surface area (Å²) in [6, 6.07) is 7.47. The Morgan fingerprint density at radius 2 is 2.00 bits per heavy atom. The number of aliphatic hydroxyl groups is 1. The number of halogens is 2. The highest BCUT2D eigenvalue weighted by molar-refractivity contribution is 9.10. The van der Waals surface area contributed by atoms with E-state index in [-0.39, 0.29) is 6.61 Å². The highest BCUT2D eigenvalue weighted by Crippen LogP contribution is 2.31. The van der Waals surface area contributed by atoms with Crippen LogP contribution in [0.15, 0.2) is 28.9 Å². The first kappa shape index (κ1) is 11.1. The van der Waals surface area contributed by atoms with Crippen molar-refractivity contribution < 1.29 is 5.11 Å². The summed E-state index contributed by atoms with van der Waals surface area (Å²) in [6.45, 7) is 0.00579. The van der Waals surface area contributed by atoms with Gasteiger partial charge in [0.05, 0.1) is 11.5 Å². The second-order valence-electron chi connectivity index (χ2n) is 2.90. The van der Waals surface area contributed by atoms with Gasteiger partial charge in [0, 0.05) is 10.6 Å². The van der Waals surface area contributed by atoms with Crippen LogP contribution in [0.2, 0.25) is 5.02 Å². The van der Waals surface area contributed by atoms with Gasteiger partial charge in [-0.1, -0.05) is 23.7 Å². The molecule has 0 spiro atoms. The Labute approximate surface area is 105 Å². The third-order valence-corrected chi connectivity index (χ3v) is 4.14. The molecule has 15 heavy (non-hydrogen) atoms. The van der Waals surface area contributed by atoms with E-state index >= 15 is 0 Å². The number of thiazole rings is 1. The molecule has 0 saturated heterocycles. The molecule has 1 N–H and O–H groups in total. The van der Waals surface area contributed by atoms with E-state index in [4.69, 9.17) is 16.7 Å². The number of nitrogens with zero attached hydrogens (tertiary/aromatic N) is 1. The van der Waals surface area contributed by atoms with Crippen molar-refractivity contribution in [1.29, 1.82) is 0 Å². The summed E-state index contributed by atoms with van der Waals surface area (Å²) in [4.78, 5) is 5.15. The number of aromatic nitrogens is 1. The van der Waals surface area contributed by atoms with Crippen LogP contribution in [0.1, 0.15) is 4.88 Å². The van der Waals surface area contributed by atoms with Crippen molar-refractivity contribution in [3.8, 4) is 10.6 Å². The summed E-state index contributed by atoms with van der Waals surface area (Å²) in [7, 11) is 0. The molecule has 0 aliphatic rings. The average molecular weight is 305 g/mol.